The maximum Gasteiger partial charge on any atom is 0.404 e. The lowest BCUT2D eigenvalue weighted by Gasteiger charge is -2.04. The van der Waals surface area contributed by atoms with Crippen molar-refractivity contribution in [3.8, 4) is 0 Å². The van der Waals surface area contributed by atoms with E-state index in [1.165, 1.54) is 29.1 Å². The number of nitrogens with two attached hydrogens (primary N) is 1. The third kappa shape index (κ3) is 3.14. The van der Waals surface area contributed by atoms with Gasteiger partial charge in [-0.1, -0.05) is 6.07 Å². The van der Waals surface area contributed by atoms with Crippen LogP contribution in [0.5, 0.6) is 0 Å². The number of nitro groups is 2. The number of aromatic nitrogens is 2. The van der Waals surface area contributed by atoms with Gasteiger partial charge in [-0.25, -0.2) is 0 Å². The van der Waals surface area contributed by atoms with Crippen LogP contribution < -0.4 is 11.3 Å². The Morgan fingerprint density at radius 1 is 1.33 bits per heavy atom. The number of anilines is 1. The molecule has 0 fully saturated rings. The fourth-order valence-corrected chi connectivity index (χ4v) is 2.20. The SMILES string of the molecule is NNc1cc(Cn2cc(Br)c([N+](=O)[O-])n2)ccc1[N+](=O)[O-]. The van der Waals surface area contributed by atoms with E-state index in [0.29, 0.717) is 5.56 Å². The first-order valence-electron chi connectivity index (χ1n) is 5.53. The number of nitrogens with zero attached hydrogens (tertiary/aromatic N) is 4. The van der Waals surface area contributed by atoms with Gasteiger partial charge in [-0.05, 0) is 32.5 Å². The van der Waals surface area contributed by atoms with E-state index in [1.54, 1.807) is 0 Å². The lowest BCUT2D eigenvalue weighted by Crippen LogP contribution is -2.10. The molecule has 21 heavy (non-hydrogen) atoms. The number of hydrazine groups is 1. The third-order valence-electron chi connectivity index (χ3n) is 2.63. The Kier molecular flexibility index (Phi) is 4.14. The average molecular weight is 357 g/mol. The standard InChI is InChI=1S/C10H9BrN6O4/c11-7-5-15(14-10(7)17(20)21)4-6-1-2-9(16(18)19)8(3-6)13-12/h1-3,5,13H,4,12H2. The first-order chi connectivity index (χ1) is 9.92. The van der Waals surface area contributed by atoms with Gasteiger partial charge in [-0.2, -0.15) is 4.68 Å². The van der Waals surface area contributed by atoms with E-state index in [9.17, 15) is 20.2 Å². The Hall–Kier alpha value is -2.53. The van der Waals surface area contributed by atoms with Gasteiger partial charge in [-0.15, -0.1) is 0 Å². The number of nitrogens with one attached hydrogen (secondary N) is 1. The van der Waals surface area contributed by atoms with Crippen LogP contribution in [-0.2, 0) is 6.54 Å². The highest BCUT2D eigenvalue weighted by molar-refractivity contribution is 9.10. The van der Waals surface area contributed by atoms with Gasteiger partial charge in [0.15, 0.2) is 0 Å². The van der Waals surface area contributed by atoms with Crippen molar-refractivity contribution in [2.24, 2.45) is 5.84 Å². The van der Waals surface area contributed by atoms with Gasteiger partial charge < -0.3 is 15.5 Å². The summed E-state index contributed by atoms with van der Waals surface area (Å²) in [6, 6.07) is 4.32. The quantitative estimate of drug-likeness (QED) is 0.472. The highest BCUT2D eigenvalue weighted by Crippen LogP contribution is 2.26. The minimum absolute atomic E-state index is 0.151. The topological polar surface area (TPSA) is 142 Å². The Morgan fingerprint density at radius 2 is 2.05 bits per heavy atom. The third-order valence-corrected chi connectivity index (χ3v) is 3.19. The van der Waals surface area contributed by atoms with Crippen LogP contribution in [0.25, 0.3) is 0 Å². The van der Waals surface area contributed by atoms with Crippen molar-refractivity contribution in [1.82, 2.24) is 9.78 Å². The number of nitro benzene ring substituents is 1. The zero-order valence-electron chi connectivity index (χ0n) is 10.4. The molecule has 0 radical (unpaired) electrons. The second-order valence-electron chi connectivity index (χ2n) is 4.01. The van der Waals surface area contributed by atoms with Gasteiger partial charge in [-0.3, -0.25) is 16.0 Å². The number of hydrogen-bond donors (Lipinski definition) is 2. The number of nitrogen functional groups attached to an aromatic ring is 1. The number of rotatable bonds is 5. The van der Waals surface area contributed by atoms with Crippen molar-refractivity contribution in [2.45, 2.75) is 6.54 Å². The smallest absolute Gasteiger partial charge is 0.358 e. The number of halogens is 1. The second-order valence-corrected chi connectivity index (χ2v) is 4.86. The summed E-state index contributed by atoms with van der Waals surface area (Å²) in [5.74, 6) is 4.95. The molecule has 1 aromatic carbocycles. The molecule has 0 saturated heterocycles. The summed E-state index contributed by atoms with van der Waals surface area (Å²) in [7, 11) is 0. The van der Waals surface area contributed by atoms with Crippen LogP contribution in [0.4, 0.5) is 17.2 Å². The highest BCUT2D eigenvalue weighted by Gasteiger charge is 2.19. The lowest BCUT2D eigenvalue weighted by atomic mass is 10.1. The van der Waals surface area contributed by atoms with Crippen LogP contribution in [0.15, 0.2) is 28.9 Å². The molecule has 0 aliphatic rings. The molecule has 0 spiro atoms. The number of hydrogen-bond acceptors (Lipinski definition) is 7. The number of benzene rings is 1. The van der Waals surface area contributed by atoms with Crippen molar-refractivity contribution in [2.75, 3.05) is 5.43 Å². The molecule has 0 bridgehead atoms. The van der Waals surface area contributed by atoms with E-state index >= 15 is 0 Å². The van der Waals surface area contributed by atoms with Gasteiger partial charge in [0.2, 0.25) is 0 Å². The predicted molar refractivity (Wildman–Crippen MR) is 76.6 cm³/mol. The first kappa shape index (κ1) is 14.9. The molecule has 2 aromatic rings. The molecule has 0 amide bonds. The molecular weight excluding hydrogens is 348 g/mol. The Balaban J connectivity index is 2.30. The van der Waals surface area contributed by atoms with Gasteiger partial charge in [0.05, 0.1) is 22.8 Å². The summed E-state index contributed by atoms with van der Waals surface area (Å²) < 4.78 is 1.61. The van der Waals surface area contributed by atoms with Crippen LogP contribution >= 0.6 is 15.9 Å². The summed E-state index contributed by atoms with van der Waals surface area (Å²) in [5, 5.41) is 25.3. The summed E-state index contributed by atoms with van der Waals surface area (Å²) in [4.78, 5) is 20.3. The van der Waals surface area contributed by atoms with Crippen molar-refractivity contribution in [3.05, 3.63) is 54.7 Å². The van der Waals surface area contributed by atoms with E-state index in [2.05, 4.69) is 26.5 Å². The summed E-state index contributed by atoms with van der Waals surface area (Å²) in [6.45, 7) is 0.207. The molecule has 0 aliphatic heterocycles. The van der Waals surface area contributed by atoms with Gasteiger partial charge in [0.25, 0.3) is 5.69 Å². The molecule has 110 valence electrons. The van der Waals surface area contributed by atoms with Crippen LogP contribution in [0.1, 0.15) is 5.56 Å². The molecule has 0 unspecified atom stereocenters. The fraction of sp³-hybridized carbons (Fsp3) is 0.100. The summed E-state index contributed by atoms with van der Waals surface area (Å²) in [5.41, 5.74) is 2.89. The lowest BCUT2D eigenvalue weighted by molar-refractivity contribution is -0.390. The highest BCUT2D eigenvalue weighted by atomic mass is 79.9. The first-order valence-corrected chi connectivity index (χ1v) is 6.33. The molecule has 1 aromatic heterocycles. The molecule has 11 heteroatoms. The summed E-state index contributed by atoms with van der Waals surface area (Å²) in [6.07, 6.45) is 1.45. The van der Waals surface area contributed by atoms with Crippen molar-refractivity contribution in [3.63, 3.8) is 0 Å². The monoisotopic (exact) mass is 356 g/mol. The van der Waals surface area contributed by atoms with Crippen molar-refractivity contribution in [1.29, 1.82) is 0 Å². The van der Waals surface area contributed by atoms with Gasteiger partial charge >= 0.3 is 5.82 Å². The zero-order valence-corrected chi connectivity index (χ0v) is 12.0. The molecule has 0 atom stereocenters. The second kappa shape index (κ2) is 5.85. The Bertz CT molecular complexity index is 716. The van der Waals surface area contributed by atoms with Gasteiger partial charge in [0.1, 0.15) is 10.2 Å². The van der Waals surface area contributed by atoms with Crippen LogP contribution in [-0.4, -0.2) is 19.6 Å². The predicted octanol–water partition coefficient (Wildman–Crippen LogP) is 1.80. The van der Waals surface area contributed by atoms with E-state index in [1.807, 2.05) is 0 Å². The van der Waals surface area contributed by atoms with Crippen LogP contribution in [0.2, 0.25) is 0 Å². The normalized spacial score (nSPS) is 10.4. The van der Waals surface area contributed by atoms with Crippen molar-refractivity contribution < 1.29 is 9.85 Å². The zero-order chi connectivity index (χ0) is 15.6. The molecule has 2 rings (SSSR count). The molecule has 0 saturated carbocycles. The Labute approximate surface area is 125 Å². The fourth-order valence-electron chi connectivity index (χ4n) is 1.74. The minimum atomic E-state index is -0.608. The maximum absolute atomic E-state index is 10.8. The van der Waals surface area contributed by atoms with E-state index in [-0.39, 0.29) is 28.2 Å². The largest absolute Gasteiger partial charge is 0.404 e. The molecule has 1 heterocycles. The molecule has 3 N–H and O–H groups in total. The molecular formula is C10H9BrN6O4. The molecule has 10 nitrogen and oxygen atoms in total. The average Bonchev–Trinajstić information content (AvgIpc) is 2.79. The van der Waals surface area contributed by atoms with Crippen molar-refractivity contribution >= 4 is 33.1 Å². The van der Waals surface area contributed by atoms with E-state index in [0.717, 1.165) is 0 Å². The van der Waals surface area contributed by atoms with E-state index < -0.39 is 9.85 Å². The van der Waals surface area contributed by atoms with Crippen LogP contribution in [0, 0.1) is 20.2 Å². The minimum Gasteiger partial charge on any atom is -0.358 e. The Morgan fingerprint density at radius 3 is 2.57 bits per heavy atom. The maximum atomic E-state index is 10.8. The van der Waals surface area contributed by atoms with E-state index in [4.69, 9.17) is 5.84 Å². The summed E-state index contributed by atoms with van der Waals surface area (Å²) >= 11 is 3.04. The molecule has 0 aliphatic carbocycles. The van der Waals surface area contributed by atoms with Crippen LogP contribution in [0.3, 0.4) is 0 Å². The van der Waals surface area contributed by atoms with Gasteiger partial charge in [0, 0.05) is 6.07 Å².